The van der Waals surface area contributed by atoms with Gasteiger partial charge in [-0.3, -0.25) is 0 Å². The van der Waals surface area contributed by atoms with Crippen LogP contribution in [0.4, 0.5) is 13.2 Å². The number of hydrogen-bond acceptors (Lipinski definition) is 3. The first-order valence-electron chi connectivity index (χ1n) is 5.83. The summed E-state index contributed by atoms with van der Waals surface area (Å²) in [5.41, 5.74) is 0. The highest BCUT2D eigenvalue weighted by molar-refractivity contribution is 4.91. The Balaban J connectivity index is 2.45. The molecule has 2 N–H and O–H groups in total. The predicted molar refractivity (Wildman–Crippen MR) is 56.0 cm³/mol. The van der Waals surface area contributed by atoms with E-state index in [9.17, 15) is 18.3 Å². The Hall–Kier alpha value is -0.800. The number of rotatable bonds is 3. The molecule has 0 saturated heterocycles. The second-order valence-corrected chi connectivity index (χ2v) is 4.44. The first-order valence-corrected chi connectivity index (χ1v) is 5.83. The molecule has 0 aromatic carbocycles. The van der Waals surface area contributed by atoms with Crippen LogP contribution in [0.5, 0.6) is 0 Å². The summed E-state index contributed by atoms with van der Waals surface area (Å²) in [6.45, 7) is -0.443. The summed E-state index contributed by atoms with van der Waals surface area (Å²) in [7, 11) is 0. The third-order valence-corrected chi connectivity index (χ3v) is 3.11. The van der Waals surface area contributed by atoms with E-state index in [4.69, 9.17) is 5.26 Å². The van der Waals surface area contributed by atoms with E-state index in [0.717, 1.165) is 19.3 Å². The second kappa shape index (κ2) is 6.22. The minimum Gasteiger partial charge on any atom is -0.392 e. The standard InChI is InChI=1S/C11H17F3N2O/c12-11(13,14)8(6-15)7-16-9-4-2-1-3-5-10(9)17/h8-10,16-17H,1-5,7H2. The van der Waals surface area contributed by atoms with Crippen molar-refractivity contribution in [2.45, 2.75) is 50.4 Å². The molecule has 0 bridgehead atoms. The van der Waals surface area contributed by atoms with Crippen molar-refractivity contribution in [2.75, 3.05) is 6.54 Å². The van der Waals surface area contributed by atoms with Crippen molar-refractivity contribution in [1.82, 2.24) is 5.32 Å². The average molecular weight is 250 g/mol. The molecular formula is C11H17F3N2O. The first-order chi connectivity index (χ1) is 7.95. The summed E-state index contributed by atoms with van der Waals surface area (Å²) >= 11 is 0. The van der Waals surface area contributed by atoms with Crippen molar-refractivity contribution in [3.63, 3.8) is 0 Å². The van der Waals surface area contributed by atoms with Crippen LogP contribution in [0.25, 0.3) is 0 Å². The van der Waals surface area contributed by atoms with Gasteiger partial charge in [-0.1, -0.05) is 19.3 Å². The molecule has 0 radical (unpaired) electrons. The summed E-state index contributed by atoms with van der Waals surface area (Å²) < 4.78 is 37.0. The largest absolute Gasteiger partial charge is 0.405 e. The molecule has 98 valence electrons. The first kappa shape index (κ1) is 14.3. The molecule has 0 heterocycles. The monoisotopic (exact) mass is 250 g/mol. The number of aliphatic hydroxyl groups is 1. The maximum Gasteiger partial charge on any atom is 0.405 e. The summed E-state index contributed by atoms with van der Waals surface area (Å²) in [5.74, 6) is -2.00. The molecule has 3 nitrogen and oxygen atoms in total. The number of nitriles is 1. The van der Waals surface area contributed by atoms with Gasteiger partial charge >= 0.3 is 6.18 Å². The van der Waals surface area contributed by atoms with Gasteiger partial charge < -0.3 is 10.4 Å². The van der Waals surface area contributed by atoms with Crippen LogP contribution in [0, 0.1) is 17.2 Å². The molecular weight excluding hydrogens is 233 g/mol. The molecule has 1 aliphatic rings. The average Bonchev–Trinajstić information content (AvgIpc) is 2.43. The van der Waals surface area contributed by atoms with Crippen LogP contribution in [0.15, 0.2) is 0 Å². The van der Waals surface area contributed by atoms with Gasteiger partial charge in [-0.15, -0.1) is 0 Å². The van der Waals surface area contributed by atoms with Gasteiger partial charge in [-0.2, -0.15) is 18.4 Å². The second-order valence-electron chi connectivity index (χ2n) is 4.44. The molecule has 1 aliphatic carbocycles. The van der Waals surface area contributed by atoms with Crippen LogP contribution in [0.1, 0.15) is 32.1 Å². The molecule has 1 saturated carbocycles. The molecule has 3 unspecified atom stereocenters. The van der Waals surface area contributed by atoms with Crippen molar-refractivity contribution in [1.29, 1.82) is 5.26 Å². The Morgan fingerprint density at radius 1 is 1.29 bits per heavy atom. The zero-order valence-corrected chi connectivity index (χ0v) is 9.50. The lowest BCUT2D eigenvalue weighted by molar-refractivity contribution is -0.158. The summed E-state index contributed by atoms with van der Waals surface area (Å²) in [6.07, 6.45) is -1.03. The minimum absolute atomic E-state index is 0.323. The van der Waals surface area contributed by atoms with E-state index in [1.807, 2.05) is 0 Å². The molecule has 1 rings (SSSR count). The third-order valence-electron chi connectivity index (χ3n) is 3.11. The van der Waals surface area contributed by atoms with E-state index in [1.54, 1.807) is 0 Å². The van der Waals surface area contributed by atoms with Crippen molar-refractivity contribution < 1.29 is 18.3 Å². The van der Waals surface area contributed by atoms with Gasteiger partial charge in [-0.05, 0) is 12.8 Å². The zero-order chi connectivity index (χ0) is 12.9. The van der Waals surface area contributed by atoms with E-state index in [2.05, 4.69) is 5.32 Å². The lowest BCUT2D eigenvalue weighted by atomic mass is 10.0. The van der Waals surface area contributed by atoms with Crippen LogP contribution in [-0.4, -0.2) is 30.0 Å². The van der Waals surface area contributed by atoms with E-state index in [-0.39, 0.29) is 6.04 Å². The highest BCUT2D eigenvalue weighted by Gasteiger charge is 2.40. The van der Waals surface area contributed by atoms with Gasteiger partial charge in [0.15, 0.2) is 5.92 Å². The number of alkyl halides is 3. The highest BCUT2D eigenvalue weighted by Crippen LogP contribution is 2.25. The van der Waals surface area contributed by atoms with Crippen LogP contribution >= 0.6 is 0 Å². The fourth-order valence-electron chi connectivity index (χ4n) is 2.03. The molecule has 0 aromatic rings. The van der Waals surface area contributed by atoms with Gasteiger partial charge in [0.05, 0.1) is 12.2 Å². The molecule has 1 fully saturated rings. The smallest absolute Gasteiger partial charge is 0.392 e. The Bertz CT molecular complexity index is 275. The molecule has 0 aromatic heterocycles. The zero-order valence-electron chi connectivity index (χ0n) is 9.50. The number of halogens is 3. The van der Waals surface area contributed by atoms with Crippen LogP contribution in [0.3, 0.4) is 0 Å². The number of hydrogen-bond donors (Lipinski definition) is 2. The number of nitrogens with zero attached hydrogens (tertiary/aromatic N) is 1. The van der Waals surface area contributed by atoms with Crippen LogP contribution < -0.4 is 5.32 Å². The number of nitrogens with one attached hydrogen (secondary N) is 1. The van der Waals surface area contributed by atoms with Gasteiger partial charge in [0.1, 0.15) is 0 Å². The Morgan fingerprint density at radius 2 is 1.94 bits per heavy atom. The van der Waals surface area contributed by atoms with Gasteiger partial charge in [0.25, 0.3) is 0 Å². The lowest BCUT2D eigenvalue weighted by Crippen LogP contribution is -2.43. The van der Waals surface area contributed by atoms with Gasteiger partial charge in [0, 0.05) is 12.6 Å². The molecule has 17 heavy (non-hydrogen) atoms. The van der Waals surface area contributed by atoms with Crippen LogP contribution in [-0.2, 0) is 0 Å². The van der Waals surface area contributed by atoms with Crippen LogP contribution in [0.2, 0.25) is 0 Å². The topological polar surface area (TPSA) is 56.0 Å². The molecule has 0 aliphatic heterocycles. The Labute approximate surface area is 98.6 Å². The highest BCUT2D eigenvalue weighted by atomic mass is 19.4. The fraction of sp³-hybridized carbons (Fsp3) is 0.909. The molecule has 0 spiro atoms. The van der Waals surface area contributed by atoms with E-state index in [0.29, 0.717) is 12.8 Å². The van der Waals surface area contributed by atoms with Gasteiger partial charge in [-0.25, -0.2) is 0 Å². The molecule has 0 amide bonds. The quantitative estimate of drug-likeness (QED) is 0.753. The fourth-order valence-corrected chi connectivity index (χ4v) is 2.03. The van der Waals surface area contributed by atoms with E-state index < -0.39 is 24.7 Å². The van der Waals surface area contributed by atoms with Crippen molar-refractivity contribution in [3.05, 3.63) is 0 Å². The predicted octanol–water partition coefficient (Wildman–Crippen LogP) is 1.97. The Morgan fingerprint density at radius 3 is 2.53 bits per heavy atom. The minimum atomic E-state index is -4.50. The van der Waals surface area contributed by atoms with Crippen molar-refractivity contribution >= 4 is 0 Å². The summed E-state index contributed by atoms with van der Waals surface area (Å²) in [6, 6.07) is 0.919. The maximum absolute atomic E-state index is 12.3. The van der Waals surface area contributed by atoms with E-state index in [1.165, 1.54) is 6.07 Å². The molecule has 3 atom stereocenters. The third kappa shape index (κ3) is 4.52. The van der Waals surface area contributed by atoms with Crippen molar-refractivity contribution in [2.24, 2.45) is 5.92 Å². The normalized spacial score (nSPS) is 28.2. The summed E-state index contributed by atoms with van der Waals surface area (Å²) in [4.78, 5) is 0. The lowest BCUT2D eigenvalue weighted by Gasteiger charge is -2.23. The van der Waals surface area contributed by atoms with E-state index >= 15 is 0 Å². The molecule has 6 heteroatoms. The summed E-state index contributed by atoms with van der Waals surface area (Å²) in [5, 5.41) is 20.8. The SMILES string of the molecule is N#CC(CNC1CCCCCC1O)C(F)(F)F. The maximum atomic E-state index is 12.3. The van der Waals surface area contributed by atoms with Gasteiger partial charge in [0.2, 0.25) is 0 Å². The van der Waals surface area contributed by atoms with Crippen molar-refractivity contribution in [3.8, 4) is 6.07 Å². The Kier molecular flexibility index (Phi) is 5.22. The number of aliphatic hydroxyl groups excluding tert-OH is 1.